The van der Waals surface area contributed by atoms with Gasteiger partial charge in [0.1, 0.15) is 11.6 Å². The summed E-state index contributed by atoms with van der Waals surface area (Å²) >= 11 is 3.64. The number of likely N-dealkylation sites (tertiary alicyclic amines) is 1. The summed E-state index contributed by atoms with van der Waals surface area (Å²) in [5.41, 5.74) is -0.232. The van der Waals surface area contributed by atoms with Crippen molar-refractivity contribution in [2.45, 2.75) is 61.8 Å². The third kappa shape index (κ3) is 4.21. The molecule has 1 aromatic carbocycles. The van der Waals surface area contributed by atoms with Crippen molar-refractivity contribution in [2.75, 3.05) is 19.8 Å². The lowest BCUT2D eigenvalue weighted by Gasteiger charge is -2.39. The first-order valence-corrected chi connectivity index (χ1v) is 13.1. The molecule has 1 unspecified atom stereocenters. The number of hydrogen-bond acceptors (Lipinski definition) is 6. The molecule has 9 heteroatoms. The predicted octanol–water partition coefficient (Wildman–Crippen LogP) is 2.28. The van der Waals surface area contributed by atoms with Gasteiger partial charge in [-0.05, 0) is 25.3 Å². The minimum atomic E-state index is -1.18. The minimum absolute atomic E-state index is 0.188. The highest BCUT2D eigenvalue weighted by molar-refractivity contribution is 9.09. The molecule has 1 N–H and O–H groups in total. The minimum Gasteiger partial charge on any atom is -0.466 e. The van der Waals surface area contributed by atoms with Gasteiger partial charge in [-0.3, -0.25) is 14.4 Å². The largest absolute Gasteiger partial charge is 0.466 e. The van der Waals surface area contributed by atoms with Crippen LogP contribution in [0.1, 0.15) is 32.3 Å². The summed E-state index contributed by atoms with van der Waals surface area (Å²) in [4.78, 5) is 44.1. The van der Waals surface area contributed by atoms with E-state index >= 15 is 0 Å². The Balaban J connectivity index is 1.78. The number of aliphatic hydroxyl groups is 1. The summed E-state index contributed by atoms with van der Waals surface area (Å²) in [5.74, 6) is -2.74. The lowest BCUT2D eigenvalue weighted by molar-refractivity contribution is -0.156. The van der Waals surface area contributed by atoms with E-state index in [4.69, 9.17) is 9.47 Å². The Kier molecular flexibility index (Phi) is 7.68. The molecule has 3 heterocycles. The number of carbonyl (C=O) groups is 3. The fourth-order valence-electron chi connectivity index (χ4n) is 6.03. The monoisotopic (exact) mass is 548 g/mol. The van der Waals surface area contributed by atoms with Crippen LogP contribution in [0.15, 0.2) is 43.0 Å². The molecule has 3 aliphatic rings. The van der Waals surface area contributed by atoms with Gasteiger partial charge >= 0.3 is 5.97 Å². The topological polar surface area (TPSA) is 96.4 Å². The summed E-state index contributed by atoms with van der Waals surface area (Å²) in [6.07, 6.45) is 1.96. The number of ether oxygens (including phenoxy) is 2. The molecule has 8 nitrogen and oxygen atoms in total. The van der Waals surface area contributed by atoms with E-state index in [1.165, 1.54) is 4.90 Å². The van der Waals surface area contributed by atoms with Gasteiger partial charge < -0.3 is 24.4 Å². The lowest BCUT2D eigenvalue weighted by Crippen LogP contribution is -2.58. The molecule has 2 bridgehead atoms. The molecule has 3 aliphatic heterocycles. The van der Waals surface area contributed by atoms with Crippen LogP contribution in [0, 0.1) is 11.8 Å². The van der Waals surface area contributed by atoms with Gasteiger partial charge in [-0.2, -0.15) is 0 Å². The summed E-state index contributed by atoms with van der Waals surface area (Å²) in [6, 6.07) is 8.07. The summed E-state index contributed by atoms with van der Waals surface area (Å²) < 4.78 is 11.8. The van der Waals surface area contributed by atoms with E-state index in [0.717, 1.165) is 5.56 Å². The zero-order chi connectivity index (χ0) is 25.3. The van der Waals surface area contributed by atoms with Gasteiger partial charge in [-0.1, -0.05) is 59.3 Å². The highest BCUT2D eigenvalue weighted by Gasteiger charge is 2.77. The summed E-state index contributed by atoms with van der Waals surface area (Å²) in [5, 5.41) is 10.1. The number of hydrogen-bond donors (Lipinski definition) is 1. The number of carbonyl (C=O) groups excluding carboxylic acids is 3. The first-order valence-electron chi connectivity index (χ1n) is 12.2. The number of amides is 2. The Bertz CT molecular complexity index is 970. The van der Waals surface area contributed by atoms with Crippen molar-refractivity contribution in [3.63, 3.8) is 0 Å². The van der Waals surface area contributed by atoms with Crippen LogP contribution in [0.2, 0.25) is 0 Å². The van der Waals surface area contributed by atoms with Crippen LogP contribution in [0.4, 0.5) is 0 Å². The SMILES string of the molecule is C=CCN(Cc1ccccc1)C(=O)[C@@H]1N([C@@H](CC)CO)C(=O)[C@H]2[C@H](C(=O)OCC)[C@H]3O[C@@]12CC3Br. The van der Waals surface area contributed by atoms with Gasteiger partial charge in [0.2, 0.25) is 11.8 Å². The predicted molar refractivity (Wildman–Crippen MR) is 132 cm³/mol. The van der Waals surface area contributed by atoms with Gasteiger partial charge in [-0.25, -0.2) is 0 Å². The fraction of sp³-hybridized carbons (Fsp3) is 0.577. The standard InChI is InChI=1S/C26H33BrN2O6/c1-4-12-28(14-16-10-8-7-9-11-16)24(32)22-26-13-18(27)21(35-26)19(25(33)34-6-3)20(26)23(31)29(22)17(5-2)15-30/h4,7-11,17-22,30H,1,5-6,12-15H2,2-3H3/t17-,18?,19-,20+,21-,22-,26+/m0/s1. The zero-order valence-corrected chi connectivity index (χ0v) is 21.7. The Labute approximate surface area is 214 Å². The zero-order valence-electron chi connectivity index (χ0n) is 20.1. The molecule has 3 fully saturated rings. The molecule has 1 spiro atoms. The Morgan fingerprint density at radius 3 is 2.69 bits per heavy atom. The highest BCUT2D eigenvalue weighted by atomic mass is 79.9. The van der Waals surface area contributed by atoms with E-state index in [-0.39, 0.29) is 36.4 Å². The number of aliphatic hydroxyl groups excluding tert-OH is 1. The smallest absolute Gasteiger partial charge is 0.312 e. The number of alkyl halides is 1. The van der Waals surface area contributed by atoms with Gasteiger partial charge in [0.05, 0.1) is 37.2 Å². The molecule has 0 radical (unpaired) electrons. The van der Waals surface area contributed by atoms with Crippen LogP contribution in [-0.2, 0) is 30.4 Å². The molecule has 3 saturated heterocycles. The van der Waals surface area contributed by atoms with E-state index in [2.05, 4.69) is 22.5 Å². The van der Waals surface area contributed by atoms with E-state index in [1.54, 1.807) is 17.9 Å². The molecule has 0 aromatic heterocycles. The third-order valence-corrected chi connectivity index (χ3v) is 8.32. The maximum Gasteiger partial charge on any atom is 0.312 e. The van der Waals surface area contributed by atoms with Crippen molar-refractivity contribution in [3.05, 3.63) is 48.6 Å². The van der Waals surface area contributed by atoms with Crippen LogP contribution >= 0.6 is 15.9 Å². The second-order valence-electron chi connectivity index (χ2n) is 9.40. The van der Waals surface area contributed by atoms with Crippen molar-refractivity contribution in [1.82, 2.24) is 9.80 Å². The van der Waals surface area contributed by atoms with Gasteiger partial charge in [-0.15, -0.1) is 6.58 Å². The molecule has 0 saturated carbocycles. The van der Waals surface area contributed by atoms with Crippen molar-refractivity contribution < 1.29 is 29.0 Å². The highest BCUT2D eigenvalue weighted by Crippen LogP contribution is 2.60. The second kappa shape index (κ2) is 10.4. The summed E-state index contributed by atoms with van der Waals surface area (Å²) in [6.45, 7) is 7.92. The number of nitrogens with zero attached hydrogens (tertiary/aromatic N) is 2. The molecule has 7 atom stereocenters. The summed E-state index contributed by atoms with van der Waals surface area (Å²) in [7, 11) is 0. The Morgan fingerprint density at radius 2 is 2.09 bits per heavy atom. The Hall–Kier alpha value is -2.23. The average molecular weight is 549 g/mol. The molecular weight excluding hydrogens is 516 g/mol. The number of fused-ring (bicyclic) bond motifs is 1. The van der Waals surface area contributed by atoms with Gasteiger partial charge in [0.15, 0.2) is 0 Å². The third-order valence-electron chi connectivity index (χ3n) is 7.47. The van der Waals surface area contributed by atoms with E-state index in [1.807, 2.05) is 37.3 Å². The number of halogens is 1. The van der Waals surface area contributed by atoms with Crippen LogP contribution in [0.5, 0.6) is 0 Å². The maximum absolute atomic E-state index is 14.3. The van der Waals surface area contributed by atoms with Crippen molar-refractivity contribution >= 4 is 33.7 Å². The number of esters is 1. The van der Waals surface area contributed by atoms with Crippen molar-refractivity contribution in [3.8, 4) is 0 Å². The molecule has 2 amide bonds. The second-order valence-corrected chi connectivity index (χ2v) is 10.6. The van der Waals surface area contributed by atoms with E-state index in [9.17, 15) is 19.5 Å². The molecule has 1 aromatic rings. The van der Waals surface area contributed by atoms with Gasteiger partial charge in [0.25, 0.3) is 0 Å². The normalized spacial score (nSPS) is 31.8. The molecule has 0 aliphatic carbocycles. The molecular formula is C26H33BrN2O6. The maximum atomic E-state index is 14.3. The molecule has 35 heavy (non-hydrogen) atoms. The first kappa shape index (κ1) is 25.9. The van der Waals surface area contributed by atoms with Crippen LogP contribution in [0.25, 0.3) is 0 Å². The van der Waals surface area contributed by atoms with Crippen molar-refractivity contribution in [1.29, 1.82) is 0 Å². The van der Waals surface area contributed by atoms with Crippen molar-refractivity contribution in [2.24, 2.45) is 11.8 Å². The number of rotatable bonds is 10. The first-order chi connectivity index (χ1) is 16.8. The fourth-order valence-corrected chi connectivity index (χ4v) is 6.97. The average Bonchev–Trinajstić information content (AvgIpc) is 3.44. The van der Waals surface area contributed by atoms with Crippen LogP contribution < -0.4 is 0 Å². The lowest BCUT2D eigenvalue weighted by atomic mass is 9.70. The van der Waals surface area contributed by atoms with Gasteiger partial charge in [0, 0.05) is 17.9 Å². The molecule has 4 rings (SSSR count). The number of benzene rings is 1. The molecule has 190 valence electrons. The van der Waals surface area contributed by atoms with Crippen LogP contribution in [0.3, 0.4) is 0 Å². The quantitative estimate of drug-likeness (QED) is 0.274. The Morgan fingerprint density at radius 1 is 1.37 bits per heavy atom. The van der Waals surface area contributed by atoms with Crippen LogP contribution in [-0.4, -0.2) is 81.1 Å². The van der Waals surface area contributed by atoms with E-state index in [0.29, 0.717) is 19.4 Å². The van der Waals surface area contributed by atoms with E-state index < -0.39 is 41.6 Å².